The van der Waals surface area contributed by atoms with Gasteiger partial charge in [-0.25, -0.2) is 4.79 Å². The summed E-state index contributed by atoms with van der Waals surface area (Å²) in [6.45, 7) is 2.53. The molecule has 1 heterocycles. The Hall–Kier alpha value is -2.24. The van der Waals surface area contributed by atoms with Crippen LogP contribution in [0.5, 0.6) is 0 Å². The number of carbonyl (C=O) groups is 1. The van der Waals surface area contributed by atoms with Crippen LogP contribution in [0.3, 0.4) is 0 Å². The van der Waals surface area contributed by atoms with E-state index in [0.717, 1.165) is 67.6 Å². The number of rotatable bonds is 6. The standard InChI is InChI=1S/C26H27BrFNO2/c27-24-4-1-3-21-16-22(26(30)31)9-10-23(21)25(24)20-7-5-18(6-8-20)15-19-11-14-29(17-19)13-2-12-28/h5-10,15-16H,1-4,11-14,17H2,(H,30,31). The first-order valence-corrected chi connectivity index (χ1v) is 11.7. The number of hydrogen-bond acceptors (Lipinski definition) is 2. The predicted molar refractivity (Wildman–Crippen MR) is 127 cm³/mol. The zero-order chi connectivity index (χ0) is 21.8. The lowest BCUT2D eigenvalue weighted by Gasteiger charge is -2.14. The van der Waals surface area contributed by atoms with Gasteiger partial charge in [0.25, 0.3) is 0 Å². The van der Waals surface area contributed by atoms with Crippen molar-refractivity contribution in [3.8, 4) is 0 Å². The van der Waals surface area contributed by atoms with Crippen molar-refractivity contribution in [2.75, 3.05) is 26.3 Å². The van der Waals surface area contributed by atoms with Crippen molar-refractivity contribution in [2.24, 2.45) is 0 Å². The highest BCUT2D eigenvalue weighted by Crippen LogP contribution is 2.38. The Kier molecular flexibility index (Phi) is 7.03. The van der Waals surface area contributed by atoms with Gasteiger partial charge in [-0.3, -0.25) is 9.29 Å². The lowest BCUT2D eigenvalue weighted by atomic mass is 9.92. The van der Waals surface area contributed by atoms with Gasteiger partial charge in [-0.2, -0.15) is 0 Å². The van der Waals surface area contributed by atoms with Gasteiger partial charge in [0.2, 0.25) is 0 Å². The molecule has 4 rings (SSSR count). The van der Waals surface area contributed by atoms with Crippen molar-refractivity contribution < 1.29 is 14.3 Å². The number of carboxylic acid groups (broad SMARTS) is 1. The van der Waals surface area contributed by atoms with Gasteiger partial charge in [-0.15, -0.1) is 0 Å². The number of aromatic carboxylic acids is 1. The van der Waals surface area contributed by atoms with Gasteiger partial charge >= 0.3 is 5.97 Å². The van der Waals surface area contributed by atoms with Crippen molar-refractivity contribution in [2.45, 2.75) is 32.1 Å². The highest BCUT2D eigenvalue weighted by atomic mass is 79.9. The van der Waals surface area contributed by atoms with Crippen molar-refractivity contribution in [1.29, 1.82) is 0 Å². The maximum absolute atomic E-state index is 12.4. The zero-order valence-corrected chi connectivity index (χ0v) is 19.1. The van der Waals surface area contributed by atoms with E-state index in [-0.39, 0.29) is 6.67 Å². The fourth-order valence-electron chi connectivity index (χ4n) is 4.52. The van der Waals surface area contributed by atoms with Crippen LogP contribution in [-0.4, -0.2) is 42.3 Å². The molecule has 1 aliphatic carbocycles. The third-order valence-corrected chi connectivity index (χ3v) is 6.88. The zero-order valence-electron chi connectivity index (χ0n) is 17.5. The lowest BCUT2D eigenvalue weighted by molar-refractivity contribution is 0.0696. The molecule has 5 heteroatoms. The highest BCUT2D eigenvalue weighted by Gasteiger charge is 2.20. The van der Waals surface area contributed by atoms with E-state index in [1.165, 1.54) is 15.6 Å². The molecule has 0 aromatic heterocycles. The molecule has 0 unspecified atom stereocenters. The summed E-state index contributed by atoms with van der Waals surface area (Å²) < 4.78 is 13.6. The van der Waals surface area contributed by atoms with Crippen molar-refractivity contribution in [1.82, 2.24) is 4.90 Å². The molecular weight excluding hydrogens is 457 g/mol. The van der Waals surface area contributed by atoms with Gasteiger partial charge in [0.05, 0.1) is 12.2 Å². The summed E-state index contributed by atoms with van der Waals surface area (Å²) in [5, 5.41) is 9.35. The Morgan fingerprint density at radius 3 is 2.68 bits per heavy atom. The number of likely N-dealkylation sites (tertiary alicyclic amines) is 1. The molecule has 1 N–H and O–H groups in total. The maximum atomic E-state index is 12.4. The van der Waals surface area contributed by atoms with E-state index in [4.69, 9.17) is 0 Å². The first-order valence-electron chi connectivity index (χ1n) is 10.9. The Morgan fingerprint density at radius 2 is 1.94 bits per heavy atom. The molecule has 2 aromatic rings. The van der Waals surface area contributed by atoms with E-state index in [9.17, 15) is 14.3 Å². The number of nitrogens with zero attached hydrogens (tertiary/aromatic N) is 1. The van der Waals surface area contributed by atoms with Crippen LogP contribution in [-0.2, 0) is 6.42 Å². The molecule has 0 saturated carbocycles. The quantitative estimate of drug-likeness (QED) is 0.522. The molecule has 0 spiro atoms. The summed E-state index contributed by atoms with van der Waals surface area (Å²) in [5.41, 5.74) is 7.41. The van der Waals surface area contributed by atoms with Gasteiger partial charge in [-0.1, -0.05) is 57.9 Å². The van der Waals surface area contributed by atoms with Crippen LogP contribution in [0.25, 0.3) is 11.6 Å². The molecule has 2 aliphatic rings. The summed E-state index contributed by atoms with van der Waals surface area (Å²) in [5.74, 6) is -0.885. The maximum Gasteiger partial charge on any atom is 0.335 e. The fraction of sp³-hybridized carbons (Fsp3) is 0.346. The average Bonchev–Trinajstić information content (AvgIpc) is 3.14. The number of alkyl halides is 1. The van der Waals surface area contributed by atoms with E-state index >= 15 is 0 Å². The van der Waals surface area contributed by atoms with Crippen molar-refractivity contribution in [3.63, 3.8) is 0 Å². The molecule has 1 saturated heterocycles. The number of benzene rings is 2. The van der Waals surface area contributed by atoms with Crippen LogP contribution in [0, 0.1) is 0 Å². The third-order valence-electron chi connectivity index (χ3n) is 6.09. The molecule has 1 fully saturated rings. The molecule has 0 amide bonds. The average molecular weight is 484 g/mol. The van der Waals surface area contributed by atoms with Gasteiger partial charge in [-0.05, 0) is 72.1 Å². The first kappa shape index (κ1) is 22.0. The van der Waals surface area contributed by atoms with Crippen LogP contribution in [0.1, 0.15) is 58.3 Å². The molecule has 1 aliphatic heterocycles. The van der Waals surface area contributed by atoms with E-state index in [1.54, 1.807) is 6.07 Å². The molecular formula is C26H27BrFNO2. The van der Waals surface area contributed by atoms with Crippen molar-refractivity contribution in [3.05, 3.63) is 80.3 Å². The van der Waals surface area contributed by atoms with Gasteiger partial charge in [0.15, 0.2) is 0 Å². The number of allylic oxidation sites excluding steroid dienone is 1. The summed E-state index contributed by atoms with van der Waals surface area (Å²) >= 11 is 3.79. The van der Waals surface area contributed by atoms with E-state index in [2.05, 4.69) is 51.2 Å². The molecule has 0 bridgehead atoms. The first-order chi connectivity index (χ1) is 15.0. The molecule has 31 heavy (non-hydrogen) atoms. The highest BCUT2D eigenvalue weighted by molar-refractivity contribution is 9.11. The number of hydrogen-bond donors (Lipinski definition) is 1. The number of carboxylic acids is 1. The van der Waals surface area contributed by atoms with Crippen LogP contribution >= 0.6 is 15.9 Å². The van der Waals surface area contributed by atoms with Crippen LogP contribution in [0.2, 0.25) is 0 Å². The Balaban J connectivity index is 1.58. The van der Waals surface area contributed by atoms with Gasteiger partial charge in [0.1, 0.15) is 0 Å². The largest absolute Gasteiger partial charge is 0.478 e. The van der Waals surface area contributed by atoms with E-state index in [1.807, 2.05) is 12.1 Å². The minimum atomic E-state index is -0.885. The van der Waals surface area contributed by atoms with Crippen molar-refractivity contribution >= 4 is 33.5 Å². The van der Waals surface area contributed by atoms with Gasteiger partial charge < -0.3 is 5.11 Å². The number of aryl methyl sites for hydroxylation is 1. The second-order valence-corrected chi connectivity index (χ2v) is 9.26. The second kappa shape index (κ2) is 9.92. The number of halogens is 2. The summed E-state index contributed by atoms with van der Waals surface area (Å²) in [7, 11) is 0. The van der Waals surface area contributed by atoms with Crippen LogP contribution in [0.4, 0.5) is 4.39 Å². The van der Waals surface area contributed by atoms with Crippen LogP contribution in [0.15, 0.2) is 52.5 Å². The Morgan fingerprint density at radius 1 is 1.13 bits per heavy atom. The lowest BCUT2D eigenvalue weighted by Crippen LogP contribution is -2.20. The summed E-state index contributed by atoms with van der Waals surface area (Å²) in [6, 6.07) is 14.1. The predicted octanol–water partition coefficient (Wildman–Crippen LogP) is 6.32. The smallest absolute Gasteiger partial charge is 0.335 e. The minimum Gasteiger partial charge on any atom is -0.478 e. The Bertz CT molecular complexity index is 1030. The number of fused-ring (bicyclic) bond motifs is 1. The molecule has 2 aromatic carbocycles. The Labute approximate surface area is 191 Å². The monoisotopic (exact) mass is 483 g/mol. The molecule has 162 valence electrons. The van der Waals surface area contributed by atoms with Crippen LogP contribution < -0.4 is 0 Å². The summed E-state index contributed by atoms with van der Waals surface area (Å²) in [4.78, 5) is 13.7. The molecule has 3 nitrogen and oxygen atoms in total. The third kappa shape index (κ3) is 5.16. The fourth-order valence-corrected chi connectivity index (χ4v) is 5.24. The topological polar surface area (TPSA) is 40.5 Å². The molecule has 0 radical (unpaired) electrons. The summed E-state index contributed by atoms with van der Waals surface area (Å²) in [6.07, 6.45) is 6.71. The SMILES string of the molecule is O=C(O)c1ccc2c(c1)CCCC(Br)=C2c1ccc(C=C2CCN(CCCF)C2)cc1. The molecule has 0 atom stereocenters. The minimum absolute atomic E-state index is 0.247. The van der Waals surface area contributed by atoms with E-state index < -0.39 is 5.97 Å². The normalized spacial score (nSPS) is 18.3. The second-order valence-electron chi connectivity index (χ2n) is 8.30. The van der Waals surface area contributed by atoms with Gasteiger partial charge in [0, 0.05) is 24.1 Å². The van der Waals surface area contributed by atoms with E-state index in [0.29, 0.717) is 12.0 Å².